The summed E-state index contributed by atoms with van der Waals surface area (Å²) in [5.41, 5.74) is 1.02. The van der Waals surface area contributed by atoms with Gasteiger partial charge in [-0.2, -0.15) is 23.6 Å². The standard InChI is InChI=1S/C16H11N3O3S/c17-10-12-6-7-13-9-14(22-16(13)8-12)11-18-19-23(20,21)15-4-2-1-3-5-15/h1-9,11,19H/b18-11+. The van der Waals surface area contributed by atoms with Crippen molar-refractivity contribution in [2.45, 2.75) is 4.90 Å². The molecule has 3 aromatic rings. The molecular weight excluding hydrogens is 314 g/mol. The van der Waals surface area contributed by atoms with Crippen molar-refractivity contribution in [1.29, 1.82) is 5.26 Å². The Labute approximate surface area is 132 Å². The Morgan fingerprint density at radius 1 is 1.13 bits per heavy atom. The third-order valence-corrected chi connectivity index (χ3v) is 4.32. The summed E-state index contributed by atoms with van der Waals surface area (Å²) in [7, 11) is -3.70. The van der Waals surface area contributed by atoms with E-state index in [2.05, 4.69) is 9.93 Å². The number of hydrazone groups is 1. The van der Waals surface area contributed by atoms with E-state index in [0.29, 0.717) is 16.9 Å². The van der Waals surface area contributed by atoms with Gasteiger partial charge < -0.3 is 4.42 Å². The number of furan rings is 1. The van der Waals surface area contributed by atoms with Crippen LogP contribution in [0.3, 0.4) is 0 Å². The van der Waals surface area contributed by atoms with Crippen LogP contribution in [0.2, 0.25) is 0 Å². The van der Waals surface area contributed by atoms with Gasteiger partial charge in [0.05, 0.1) is 22.7 Å². The van der Waals surface area contributed by atoms with Gasteiger partial charge in [0.1, 0.15) is 11.3 Å². The highest BCUT2D eigenvalue weighted by atomic mass is 32.2. The average molecular weight is 325 g/mol. The zero-order valence-electron chi connectivity index (χ0n) is 11.8. The minimum atomic E-state index is -3.70. The van der Waals surface area contributed by atoms with Crippen LogP contribution < -0.4 is 4.83 Å². The monoisotopic (exact) mass is 325 g/mol. The number of nitrogens with zero attached hydrogens (tertiary/aromatic N) is 2. The molecular formula is C16H11N3O3S. The van der Waals surface area contributed by atoms with Gasteiger partial charge in [-0.05, 0) is 36.4 Å². The maximum absolute atomic E-state index is 12.0. The molecule has 0 saturated carbocycles. The Hall–Kier alpha value is -3.11. The van der Waals surface area contributed by atoms with Gasteiger partial charge in [0.25, 0.3) is 10.0 Å². The van der Waals surface area contributed by atoms with Crippen LogP contribution >= 0.6 is 0 Å². The van der Waals surface area contributed by atoms with E-state index in [9.17, 15) is 8.42 Å². The van der Waals surface area contributed by atoms with E-state index in [1.165, 1.54) is 18.3 Å². The van der Waals surface area contributed by atoms with Gasteiger partial charge in [0, 0.05) is 5.39 Å². The normalized spacial score (nSPS) is 11.6. The number of hydrogen-bond donors (Lipinski definition) is 1. The molecule has 3 rings (SSSR count). The summed E-state index contributed by atoms with van der Waals surface area (Å²) in [5, 5.41) is 13.4. The molecule has 6 nitrogen and oxygen atoms in total. The molecule has 0 aliphatic heterocycles. The van der Waals surface area contributed by atoms with E-state index < -0.39 is 10.0 Å². The first-order chi connectivity index (χ1) is 11.1. The number of nitriles is 1. The van der Waals surface area contributed by atoms with Crippen LogP contribution in [0.1, 0.15) is 11.3 Å². The molecule has 0 saturated heterocycles. The Balaban J connectivity index is 1.80. The molecule has 0 unspecified atom stereocenters. The van der Waals surface area contributed by atoms with Crippen molar-refractivity contribution in [2.75, 3.05) is 0 Å². The van der Waals surface area contributed by atoms with Crippen LogP contribution in [0.5, 0.6) is 0 Å². The maximum Gasteiger partial charge on any atom is 0.276 e. The van der Waals surface area contributed by atoms with Crippen molar-refractivity contribution >= 4 is 27.2 Å². The summed E-state index contributed by atoms with van der Waals surface area (Å²) in [5.74, 6) is 0.380. The molecule has 0 spiro atoms. The Kier molecular flexibility index (Phi) is 3.83. The predicted octanol–water partition coefficient (Wildman–Crippen LogP) is 2.62. The second-order valence-corrected chi connectivity index (χ2v) is 6.34. The molecule has 0 aliphatic rings. The first-order valence-corrected chi connectivity index (χ1v) is 8.10. The minimum Gasteiger partial charge on any atom is -0.455 e. The van der Waals surface area contributed by atoms with Gasteiger partial charge in [-0.15, -0.1) is 0 Å². The van der Waals surface area contributed by atoms with Crippen molar-refractivity contribution in [3.63, 3.8) is 0 Å². The van der Waals surface area contributed by atoms with E-state index in [1.54, 1.807) is 42.5 Å². The highest BCUT2D eigenvalue weighted by molar-refractivity contribution is 7.89. The SMILES string of the molecule is N#Cc1ccc2cc(/C=N/NS(=O)(=O)c3ccccc3)oc2c1. The Bertz CT molecular complexity index is 1020. The van der Waals surface area contributed by atoms with Crippen LogP contribution in [-0.4, -0.2) is 14.6 Å². The third kappa shape index (κ3) is 3.22. The quantitative estimate of drug-likeness (QED) is 0.589. The second kappa shape index (κ2) is 5.94. The molecule has 0 fully saturated rings. The summed E-state index contributed by atoms with van der Waals surface area (Å²) in [6.07, 6.45) is 1.27. The molecule has 1 N–H and O–H groups in total. The van der Waals surface area contributed by atoms with Crippen molar-refractivity contribution in [3.05, 3.63) is 65.9 Å². The lowest BCUT2D eigenvalue weighted by Crippen LogP contribution is -2.18. The lowest BCUT2D eigenvalue weighted by molar-refractivity contribution is 0.584. The molecule has 2 aromatic carbocycles. The van der Waals surface area contributed by atoms with E-state index >= 15 is 0 Å². The topological polar surface area (TPSA) is 95.5 Å². The number of nitrogens with one attached hydrogen (secondary N) is 1. The summed E-state index contributed by atoms with van der Waals surface area (Å²) in [6.45, 7) is 0. The molecule has 0 bridgehead atoms. The fourth-order valence-electron chi connectivity index (χ4n) is 2.00. The highest BCUT2D eigenvalue weighted by Crippen LogP contribution is 2.19. The van der Waals surface area contributed by atoms with Crippen LogP contribution in [0.15, 0.2) is 69.0 Å². The average Bonchev–Trinajstić information content (AvgIpc) is 2.97. The summed E-state index contributed by atoms with van der Waals surface area (Å²) in [6, 6.07) is 16.7. The van der Waals surface area contributed by atoms with E-state index in [1.807, 2.05) is 6.07 Å². The lowest BCUT2D eigenvalue weighted by Gasteiger charge is -2.01. The van der Waals surface area contributed by atoms with Crippen LogP contribution in [-0.2, 0) is 10.0 Å². The van der Waals surface area contributed by atoms with Crippen LogP contribution in [0.4, 0.5) is 0 Å². The molecule has 0 atom stereocenters. The Morgan fingerprint density at radius 3 is 2.65 bits per heavy atom. The number of sulfonamides is 1. The van der Waals surface area contributed by atoms with Gasteiger partial charge in [-0.1, -0.05) is 18.2 Å². The summed E-state index contributed by atoms with van der Waals surface area (Å²) >= 11 is 0. The fourth-order valence-corrected chi connectivity index (χ4v) is 2.81. The lowest BCUT2D eigenvalue weighted by atomic mass is 10.2. The number of fused-ring (bicyclic) bond motifs is 1. The molecule has 0 amide bonds. The van der Waals surface area contributed by atoms with Crippen molar-refractivity contribution in [1.82, 2.24) is 4.83 Å². The van der Waals surface area contributed by atoms with Gasteiger partial charge in [0.2, 0.25) is 0 Å². The largest absolute Gasteiger partial charge is 0.455 e. The summed E-state index contributed by atoms with van der Waals surface area (Å²) in [4.78, 5) is 2.25. The maximum atomic E-state index is 12.0. The second-order valence-electron chi connectivity index (χ2n) is 4.68. The van der Waals surface area contributed by atoms with Crippen molar-refractivity contribution < 1.29 is 12.8 Å². The Morgan fingerprint density at radius 2 is 1.91 bits per heavy atom. The van der Waals surface area contributed by atoms with Crippen LogP contribution in [0.25, 0.3) is 11.0 Å². The van der Waals surface area contributed by atoms with Gasteiger partial charge in [-0.25, -0.2) is 0 Å². The minimum absolute atomic E-state index is 0.125. The van der Waals surface area contributed by atoms with Crippen LogP contribution in [0, 0.1) is 11.3 Å². The zero-order chi connectivity index (χ0) is 16.3. The van der Waals surface area contributed by atoms with Crippen molar-refractivity contribution in [3.8, 4) is 6.07 Å². The zero-order valence-corrected chi connectivity index (χ0v) is 12.6. The first-order valence-electron chi connectivity index (χ1n) is 6.62. The number of benzene rings is 2. The van der Waals surface area contributed by atoms with Crippen molar-refractivity contribution in [2.24, 2.45) is 5.10 Å². The molecule has 1 heterocycles. The molecule has 23 heavy (non-hydrogen) atoms. The first kappa shape index (κ1) is 14.8. The molecule has 0 radical (unpaired) electrons. The van der Waals surface area contributed by atoms with Gasteiger partial charge >= 0.3 is 0 Å². The van der Waals surface area contributed by atoms with Gasteiger partial charge in [-0.3, -0.25) is 0 Å². The molecule has 0 aliphatic carbocycles. The molecule has 114 valence electrons. The summed E-state index contributed by atoms with van der Waals surface area (Å²) < 4.78 is 29.5. The predicted molar refractivity (Wildman–Crippen MR) is 85.3 cm³/mol. The van der Waals surface area contributed by atoms with E-state index in [-0.39, 0.29) is 4.90 Å². The van der Waals surface area contributed by atoms with E-state index in [4.69, 9.17) is 9.68 Å². The number of hydrogen-bond acceptors (Lipinski definition) is 5. The van der Waals surface area contributed by atoms with E-state index in [0.717, 1.165) is 5.39 Å². The fraction of sp³-hybridized carbons (Fsp3) is 0. The molecule has 7 heteroatoms. The third-order valence-electron chi connectivity index (χ3n) is 3.09. The molecule has 1 aromatic heterocycles. The van der Waals surface area contributed by atoms with Gasteiger partial charge in [0.15, 0.2) is 0 Å². The highest BCUT2D eigenvalue weighted by Gasteiger charge is 2.11. The smallest absolute Gasteiger partial charge is 0.276 e. The number of rotatable bonds is 4.